The Hall–Kier alpha value is -3.93. The highest BCUT2D eigenvalue weighted by molar-refractivity contribution is 6.21. The number of carbonyl (C=O) groups excluding carboxylic acids is 3. The summed E-state index contributed by atoms with van der Waals surface area (Å²) in [6.07, 6.45) is 0. The van der Waals surface area contributed by atoms with Crippen molar-refractivity contribution in [3.63, 3.8) is 0 Å². The van der Waals surface area contributed by atoms with Gasteiger partial charge in [-0.2, -0.15) is 0 Å². The van der Waals surface area contributed by atoms with Crippen LogP contribution in [0.15, 0.2) is 60.7 Å². The van der Waals surface area contributed by atoms with Crippen molar-refractivity contribution in [3.05, 3.63) is 94.0 Å². The van der Waals surface area contributed by atoms with Gasteiger partial charge in [0, 0.05) is 5.69 Å². The van der Waals surface area contributed by atoms with Gasteiger partial charge in [-0.1, -0.05) is 30.3 Å². The first-order valence-electron chi connectivity index (χ1n) is 9.90. The standard InChI is InChI=1S/C25H22N2O4/c1-15-7-6-10-21(16(15)2)26-23(28)20-13-17(11-12-22(20)31-3)14-27-24(29)18-8-4-5-9-19(18)25(27)30/h4-13H,14H2,1-3H3,(H,26,28). The zero-order valence-electron chi connectivity index (χ0n) is 17.6. The smallest absolute Gasteiger partial charge is 0.261 e. The molecule has 0 unspecified atom stereocenters. The van der Waals surface area contributed by atoms with E-state index in [0.29, 0.717) is 28.0 Å². The first-order chi connectivity index (χ1) is 14.9. The summed E-state index contributed by atoms with van der Waals surface area (Å²) < 4.78 is 5.37. The third-order valence-corrected chi connectivity index (χ3v) is 5.58. The van der Waals surface area contributed by atoms with Crippen molar-refractivity contribution >= 4 is 23.4 Å². The van der Waals surface area contributed by atoms with Gasteiger partial charge in [0.15, 0.2) is 0 Å². The quantitative estimate of drug-likeness (QED) is 0.630. The number of nitrogens with zero attached hydrogens (tertiary/aromatic N) is 1. The van der Waals surface area contributed by atoms with Gasteiger partial charge in [-0.05, 0) is 60.9 Å². The summed E-state index contributed by atoms with van der Waals surface area (Å²) in [5.41, 5.74) is 4.56. The molecule has 156 valence electrons. The molecule has 1 aliphatic heterocycles. The van der Waals surface area contributed by atoms with Crippen LogP contribution >= 0.6 is 0 Å². The van der Waals surface area contributed by atoms with E-state index < -0.39 is 0 Å². The summed E-state index contributed by atoms with van der Waals surface area (Å²) in [7, 11) is 1.49. The summed E-state index contributed by atoms with van der Waals surface area (Å²) in [4.78, 5) is 39.5. The molecule has 3 amide bonds. The summed E-state index contributed by atoms with van der Waals surface area (Å²) in [5, 5.41) is 2.93. The number of anilines is 1. The van der Waals surface area contributed by atoms with Crippen LogP contribution in [0.5, 0.6) is 5.75 Å². The molecule has 6 heteroatoms. The van der Waals surface area contributed by atoms with Gasteiger partial charge in [-0.25, -0.2) is 0 Å². The summed E-state index contributed by atoms with van der Waals surface area (Å²) in [6, 6.07) is 17.5. The molecule has 0 saturated carbocycles. The molecule has 3 aromatic rings. The molecule has 6 nitrogen and oxygen atoms in total. The number of amides is 3. The van der Waals surface area contributed by atoms with Gasteiger partial charge in [-0.15, -0.1) is 0 Å². The van der Waals surface area contributed by atoms with Crippen molar-refractivity contribution in [1.82, 2.24) is 4.90 Å². The largest absolute Gasteiger partial charge is 0.496 e. The maximum absolute atomic E-state index is 13.0. The maximum atomic E-state index is 13.0. The van der Waals surface area contributed by atoms with Crippen LogP contribution in [0.3, 0.4) is 0 Å². The van der Waals surface area contributed by atoms with E-state index in [4.69, 9.17) is 4.74 Å². The van der Waals surface area contributed by atoms with Crippen molar-refractivity contribution in [2.24, 2.45) is 0 Å². The SMILES string of the molecule is COc1ccc(CN2C(=O)c3ccccc3C2=O)cc1C(=O)Nc1cccc(C)c1C. The summed E-state index contributed by atoms with van der Waals surface area (Å²) in [6.45, 7) is 4.00. The number of methoxy groups -OCH3 is 1. The topological polar surface area (TPSA) is 75.7 Å². The lowest BCUT2D eigenvalue weighted by atomic mass is 10.1. The van der Waals surface area contributed by atoms with E-state index in [1.54, 1.807) is 42.5 Å². The van der Waals surface area contributed by atoms with Crippen LogP contribution in [0.25, 0.3) is 0 Å². The van der Waals surface area contributed by atoms with Gasteiger partial charge < -0.3 is 10.1 Å². The van der Waals surface area contributed by atoms with Crippen molar-refractivity contribution in [2.45, 2.75) is 20.4 Å². The number of rotatable bonds is 5. The highest BCUT2D eigenvalue weighted by Gasteiger charge is 2.35. The molecule has 1 N–H and O–H groups in total. The molecule has 0 saturated heterocycles. The molecular weight excluding hydrogens is 392 g/mol. The second-order valence-corrected chi connectivity index (χ2v) is 7.48. The Bertz CT molecular complexity index is 1180. The molecule has 1 heterocycles. The van der Waals surface area contributed by atoms with E-state index in [0.717, 1.165) is 16.8 Å². The Morgan fingerprint density at radius 3 is 2.26 bits per heavy atom. The van der Waals surface area contributed by atoms with Crippen LogP contribution in [-0.4, -0.2) is 29.7 Å². The fraction of sp³-hybridized carbons (Fsp3) is 0.160. The number of nitrogens with one attached hydrogen (secondary N) is 1. The molecule has 4 rings (SSSR count). The van der Waals surface area contributed by atoms with Gasteiger partial charge in [0.05, 0.1) is 30.3 Å². The first-order valence-corrected chi connectivity index (χ1v) is 9.90. The lowest BCUT2D eigenvalue weighted by molar-refractivity contribution is 0.0642. The molecule has 0 aromatic heterocycles. The molecule has 0 fully saturated rings. The summed E-state index contributed by atoms with van der Waals surface area (Å²) >= 11 is 0. The number of aryl methyl sites for hydroxylation is 1. The Morgan fingerprint density at radius 2 is 1.61 bits per heavy atom. The van der Waals surface area contributed by atoms with Crippen molar-refractivity contribution < 1.29 is 19.1 Å². The van der Waals surface area contributed by atoms with Gasteiger partial charge in [0.2, 0.25) is 0 Å². The molecule has 0 atom stereocenters. The number of fused-ring (bicyclic) bond motifs is 1. The van der Waals surface area contributed by atoms with E-state index in [1.807, 2.05) is 32.0 Å². The Morgan fingerprint density at radius 1 is 0.935 bits per heavy atom. The van der Waals surface area contributed by atoms with E-state index in [-0.39, 0.29) is 24.3 Å². The Kier molecular flexibility index (Phi) is 5.29. The van der Waals surface area contributed by atoms with Crippen molar-refractivity contribution in [2.75, 3.05) is 12.4 Å². The average molecular weight is 414 g/mol. The predicted octanol–water partition coefficient (Wildman–Crippen LogP) is 4.36. The minimum absolute atomic E-state index is 0.0695. The van der Waals surface area contributed by atoms with Crippen molar-refractivity contribution in [3.8, 4) is 5.75 Å². The number of carbonyl (C=O) groups is 3. The molecule has 1 aliphatic rings. The van der Waals surface area contributed by atoms with Crippen LogP contribution in [0.4, 0.5) is 5.69 Å². The van der Waals surface area contributed by atoms with Crippen molar-refractivity contribution in [1.29, 1.82) is 0 Å². The van der Waals surface area contributed by atoms with Crippen LogP contribution in [0.1, 0.15) is 47.8 Å². The third kappa shape index (κ3) is 3.68. The number of ether oxygens (including phenoxy) is 1. The van der Waals surface area contributed by atoms with E-state index in [1.165, 1.54) is 12.0 Å². The molecule has 0 spiro atoms. The Balaban J connectivity index is 1.61. The normalized spacial score (nSPS) is 12.7. The zero-order valence-corrected chi connectivity index (χ0v) is 17.6. The van der Waals surface area contributed by atoms with E-state index in [9.17, 15) is 14.4 Å². The van der Waals surface area contributed by atoms with E-state index >= 15 is 0 Å². The number of hydrogen-bond acceptors (Lipinski definition) is 4. The molecule has 0 radical (unpaired) electrons. The minimum Gasteiger partial charge on any atom is -0.496 e. The van der Waals surface area contributed by atoms with Crippen LogP contribution in [0, 0.1) is 13.8 Å². The Labute approximate surface area is 180 Å². The van der Waals surface area contributed by atoms with Gasteiger partial charge in [-0.3, -0.25) is 19.3 Å². The molecule has 3 aromatic carbocycles. The monoisotopic (exact) mass is 414 g/mol. The van der Waals surface area contributed by atoms with Gasteiger partial charge in [0.1, 0.15) is 5.75 Å². The third-order valence-electron chi connectivity index (χ3n) is 5.58. The lowest BCUT2D eigenvalue weighted by Gasteiger charge is -2.16. The number of imide groups is 1. The fourth-order valence-electron chi connectivity index (χ4n) is 3.67. The highest BCUT2D eigenvalue weighted by atomic mass is 16.5. The predicted molar refractivity (Wildman–Crippen MR) is 118 cm³/mol. The first kappa shape index (κ1) is 20.3. The van der Waals surface area contributed by atoms with E-state index in [2.05, 4.69) is 5.32 Å². The zero-order chi connectivity index (χ0) is 22.1. The van der Waals surface area contributed by atoms with Gasteiger partial charge >= 0.3 is 0 Å². The minimum atomic E-state index is -0.335. The van der Waals surface area contributed by atoms with Crippen LogP contribution in [0.2, 0.25) is 0 Å². The van der Waals surface area contributed by atoms with Crippen LogP contribution < -0.4 is 10.1 Å². The van der Waals surface area contributed by atoms with Crippen LogP contribution in [-0.2, 0) is 6.54 Å². The number of hydrogen-bond donors (Lipinski definition) is 1. The second-order valence-electron chi connectivity index (χ2n) is 7.48. The van der Waals surface area contributed by atoms with Gasteiger partial charge in [0.25, 0.3) is 17.7 Å². The lowest BCUT2D eigenvalue weighted by Crippen LogP contribution is -2.29. The molecule has 0 bridgehead atoms. The highest BCUT2D eigenvalue weighted by Crippen LogP contribution is 2.27. The molecule has 31 heavy (non-hydrogen) atoms. The molecule has 0 aliphatic carbocycles. The average Bonchev–Trinajstić information content (AvgIpc) is 3.02. The fourth-order valence-corrected chi connectivity index (χ4v) is 3.67. The number of benzene rings is 3. The molecular formula is C25H22N2O4. The summed E-state index contributed by atoms with van der Waals surface area (Å²) in [5.74, 6) is -0.584. The maximum Gasteiger partial charge on any atom is 0.261 e. The second kappa shape index (κ2) is 8.07.